The van der Waals surface area contributed by atoms with E-state index in [-0.39, 0.29) is 5.43 Å². The van der Waals surface area contributed by atoms with E-state index >= 15 is 0 Å². The maximum Gasteiger partial charge on any atom is 0.224 e. The molecule has 0 heterocycles. The summed E-state index contributed by atoms with van der Waals surface area (Å²) in [6.45, 7) is 5.31. The molecule has 0 aliphatic heterocycles. The first-order valence-electron chi connectivity index (χ1n) is 5.69. The molecule has 0 unspecified atom stereocenters. The summed E-state index contributed by atoms with van der Waals surface area (Å²) in [7, 11) is 3.73. The fraction of sp³-hybridized carbons (Fsp3) is 0.667. The predicted octanol–water partition coefficient (Wildman–Crippen LogP) is 2.57. The van der Waals surface area contributed by atoms with Crippen LogP contribution < -0.4 is 15.6 Å². The maximum absolute atomic E-state index is 11.5. The van der Waals surface area contributed by atoms with Gasteiger partial charge in [-0.2, -0.15) is 0 Å². The van der Waals surface area contributed by atoms with E-state index in [0.717, 1.165) is 30.3 Å². The summed E-state index contributed by atoms with van der Waals surface area (Å²) in [6.07, 6.45) is 2.30. The van der Waals surface area contributed by atoms with Crippen LogP contribution in [0.1, 0.15) is 26.7 Å². The fourth-order valence-electron chi connectivity index (χ4n) is 1.69. The summed E-state index contributed by atoms with van der Waals surface area (Å²) in [5, 5.41) is 3.26. The highest BCUT2D eigenvalue weighted by Gasteiger charge is 2.18. The monoisotopic (exact) mass is 240 g/mol. The highest BCUT2D eigenvalue weighted by Crippen LogP contribution is 2.25. The minimum atomic E-state index is -0.00800. The predicted molar refractivity (Wildman–Crippen MR) is 72.8 cm³/mol. The normalized spacial score (nSPS) is 11.1. The van der Waals surface area contributed by atoms with Gasteiger partial charge in [0, 0.05) is 20.6 Å². The quantitative estimate of drug-likeness (QED) is 0.612. The van der Waals surface area contributed by atoms with Crippen molar-refractivity contribution >= 4 is 23.6 Å². The van der Waals surface area contributed by atoms with E-state index in [4.69, 9.17) is 12.2 Å². The molecule has 0 saturated heterocycles. The maximum atomic E-state index is 11.5. The highest BCUT2D eigenvalue weighted by molar-refractivity contribution is 7.71. The summed E-state index contributed by atoms with van der Waals surface area (Å²) in [4.78, 5) is 13.3. The molecule has 1 N–H and O–H groups in total. The van der Waals surface area contributed by atoms with Crippen LogP contribution in [0.15, 0.2) is 4.79 Å². The van der Waals surface area contributed by atoms with Gasteiger partial charge in [0.2, 0.25) is 5.43 Å². The van der Waals surface area contributed by atoms with Crippen LogP contribution in [0.2, 0.25) is 0 Å². The van der Waals surface area contributed by atoms with Crippen LogP contribution in [-0.2, 0) is 0 Å². The van der Waals surface area contributed by atoms with Gasteiger partial charge >= 0.3 is 0 Å². The average Bonchev–Trinajstić information content (AvgIpc) is 2.20. The Morgan fingerprint density at radius 3 is 2.50 bits per heavy atom. The van der Waals surface area contributed by atoms with Crippen molar-refractivity contribution in [1.29, 1.82) is 0 Å². The van der Waals surface area contributed by atoms with Gasteiger partial charge in [-0.1, -0.05) is 26.1 Å². The zero-order chi connectivity index (χ0) is 12.3. The van der Waals surface area contributed by atoms with E-state index in [0.29, 0.717) is 4.51 Å². The van der Waals surface area contributed by atoms with Gasteiger partial charge in [0.05, 0.1) is 5.69 Å². The lowest BCUT2D eigenvalue weighted by Crippen LogP contribution is -2.26. The molecule has 16 heavy (non-hydrogen) atoms. The molecule has 0 radical (unpaired) electrons. The summed E-state index contributed by atoms with van der Waals surface area (Å²) in [5.74, 6) is 0.721. The SMILES string of the molecule is CC(C)CCCNc1c(N(C)C)c(=O)c1=S. The molecule has 0 atom stereocenters. The Labute approximate surface area is 102 Å². The van der Waals surface area contributed by atoms with Crippen LogP contribution in [-0.4, -0.2) is 20.6 Å². The third-order valence-electron chi connectivity index (χ3n) is 2.59. The molecule has 0 saturated carbocycles. The third kappa shape index (κ3) is 2.82. The summed E-state index contributed by atoms with van der Waals surface area (Å²) >= 11 is 5.03. The Morgan fingerprint density at radius 2 is 2.00 bits per heavy atom. The van der Waals surface area contributed by atoms with Gasteiger partial charge in [0.1, 0.15) is 10.2 Å². The van der Waals surface area contributed by atoms with Gasteiger partial charge in [-0.25, -0.2) is 0 Å². The van der Waals surface area contributed by atoms with Crippen molar-refractivity contribution in [3.05, 3.63) is 14.7 Å². The fourth-order valence-corrected chi connectivity index (χ4v) is 1.96. The van der Waals surface area contributed by atoms with Crippen LogP contribution >= 0.6 is 12.2 Å². The number of rotatable bonds is 6. The Kier molecular flexibility index (Phi) is 4.47. The Balaban J connectivity index is 2.52. The van der Waals surface area contributed by atoms with E-state index in [1.165, 1.54) is 6.42 Å². The van der Waals surface area contributed by atoms with Gasteiger partial charge < -0.3 is 10.2 Å². The van der Waals surface area contributed by atoms with Gasteiger partial charge in [-0.15, -0.1) is 0 Å². The second-order valence-electron chi connectivity index (χ2n) is 4.74. The molecule has 0 aromatic heterocycles. The minimum absolute atomic E-state index is 0.00800. The molecule has 0 bridgehead atoms. The van der Waals surface area contributed by atoms with Gasteiger partial charge in [-0.3, -0.25) is 4.79 Å². The van der Waals surface area contributed by atoms with Crippen molar-refractivity contribution < 1.29 is 0 Å². The van der Waals surface area contributed by atoms with Crippen LogP contribution in [0.25, 0.3) is 0 Å². The molecule has 1 aromatic carbocycles. The second-order valence-corrected chi connectivity index (χ2v) is 5.15. The van der Waals surface area contributed by atoms with Crippen molar-refractivity contribution in [3.63, 3.8) is 0 Å². The summed E-state index contributed by atoms with van der Waals surface area (Å²) in [5.41, 5.74) is 1.56. The molecule has 90 valence electrons. The first-order chi connectivity index (χ1) is 7.45. The minimum Gasteiger partial charge on any atom is -0.382 e. The summed E-state index contributed by atoms with van der Waals surface area (Å²) < 4.78 is 0.452. The van der Waals surface area contributed by atoms with Crippen molar-refractivity contribution in [2.24, 2.45) is 5.92 Å². The van der Waals surface area contributed by atoms with Gasteiger partial charge in [0.25, 0.3) is 0 Å². The van der Waals surface area contributed by atoms with Gasteiger partial charge in [-0.05, 0) is 18.8 Å². The number of hydrogen-bond acceptors (Lipinski definition) is 4. The molecule has 0 spiro atoms. The zero-order valence-electron chi connectivity index (χ0n) is 10.5. The first-order valence-corrected chi connectivity index (χ1v) is 6.10. The van der Waals surface area contributed by atoms with E-state index in [9.17, 15) is 4.79 Å². The lowest BCUT2D eigenvalue weighted by molar-refractivity contribution is 0.567. The van der Waals surface area contributed by atoms with Crippen LogP contribution in [0.3, 0.4) is 0 Å². The molecule has 0 amide bonds. The zero-order valence-corrected chi connectivity index (χ0v) is 11.3. The molecule has 1 aromatic rings. The van der Waals surface area contributed by atoms with E-state index in [1.807, 2.05) is 19.0 Å². The first kappa shape index (κ1) is 13.2. The smallest absolute Gasteiger partial charge is 0.224 e. The lowest BCUT2D eigenvalue weighted by Gasteiger charge is -2.20. The Morgan fingerprint density at radius 1 is 1.38 bits per heavy atom. The average molecular weight is 240 g/mol. The van der Waals surface area contributed by atoms with E-state index < -0.39 is 0 Å². The van der Waals surface area contributed by atoms with Crippen LogP contribution in [0, 0.1) is 10.4 Å². The van der Waals surface area contributed by atoms with E-state index in [1.54, 1.807) is 0 Å². The number of nitrogens with one attached hydrogen (secondary N) is 1. The molecule has 0 fully saturated rings. The van der Waals surface area contributed by atoms with Gasteiger partial charge in [0.15, 0.2) is 0 Å². The standard InChI is InChI=1S/C12H20N2OS/c1-8(2)6-5-7-13-9-10(14(3)4)11(15)12(9)16/h8,13H,5-7H2,1-4H3. The molecule has 0 aliphatic carbocycles. The van der Waals surface area contributed by atoms with Crippen molar-refractivity contribution in [1.82, 2.24) is 0 Å². The number of anilines is 2. The molecule has 0 aliphatic rings. The second kappa shape index (κ2) is 5.43. The van der Waals surface area contributed by atoms with Crippen molar-refractivity contribution in [2.45, 2.75) is 26.7 Å². The highest BCUT2D eigenvalue weighted by atomic mass is 32.1. The van der Waals surface area contributed by atoms with E-state index in [2.05, 4.69) is 19.2 Å². The Hall–Kier alpha value is -0.900. The van der Waals surface area contributed by atoms with Crippen molar-refractivity contribution in [3.8, 4) is 0 Å². The molecule has 4 heteroatoms. The number of hydrogen-bond donors (Lipinski definition) is 1. The topological polar surface area (TPSA) is 32.3 Å². The summed E-state index contributed by atoms with van der Waals surface area (Å²) in [6, 6.07) is 0. The molecular weight excluding hydrogens is 220 g/mol. The number of nitrogens with zero attached hydrogens (tertiary/aromatic N) is 1. The molecule has 3 nitrogen and oxygen atoms in total. The molecular formula is C12H20N2OS. The van der Waals surface area contributed by atoms with Crippen LogP contribution in [0.5, 0.6) is 0 Å². The van der Waals surface area contributed by atoms with Crippen molar-refractivity contribution in [2.75, 3.05) is 30.9 Å². The molecule has 1 rings (SSSR count). The lowest BCUT2D eigenvalue weighted by atomic mass is 10.1. The third-order valence-corrected chi connectivity index (χ3v) is 2.98. The van der Waals surface area contributed by atoms with Crippen LogP contribution in [0.4, 0.5) is 11.4 Å². The largest absolute Gasteiger partial charge is 0.382 e. The Bertz CT molecular complexity index is 417.